The third-order valence-corrected chi connectivity index (χ3v) is 3.98. The first-order valence-corrected chi connectivity index (χ1v) is 8.60. The number of aryl methyl sites for hydroxylation is 1. The molecule has 0 unspecified atom stereocenters. The highest BCUT2D eigenvalue weighted by molar-refractivity contribution is 5.55. The molecule has 0 saturated carbocycles. The van der Waals surface area contributed by atoms with Crippen LogP contribution in [0.15, 0.2) is 66.7 Å². The maximum Gasteiger partial charge on any atom is 0.229 e. The van der Waals surface area contributed by atoms with Crippen LogP contribution in [0.5, 0.6) is 0 Å². The van der Waals surface area contributed by atoms with Crippen LogP contribution in [0.3, 0.4) is 0 Å². The minimum absolute atomic E-state index is 0.332. The van der Waals surface area contributed by atoms with Crippen molar-refractivity contribution in [2.24, 2.45) is 0 Å². The van der Waals surface area contributed by atoms with E-state index in [9.17, 15) is 0 Å². The largest absolute Gasteiger partial charge is 0.350 e. The van der Waals surface area contributed by atoms with Crippen LogP contribution in [-0.4, -0.2) is 16.0 Å². The van der Waals surface area contributed by atoms with Gasteiger partial charge in [-0.05, 0) is 38.5 Å². The van der Waals surface area contributed by atoms with E-state index >= 15 is 0 Å². The monoisotopic (exact) mass is 332 g/mol. The summed E-state index contributed by atoms with van der Waals surface area (Å²) in [6, 6.07) is 22.9. The van der Waals surface area contributed by atoms with Crippen LogP contribution in [0, 0.1) is 6.92 Å². The molecule has 0 aliphatic rings. The lowest BCUT2D eigenvalue weighted by Crippen LogP contribution is -2.31. The van der Waals surface area contributed by atoms with Crippen molar-refractivity contribution >= 4 is 17.5 Å². The summed E-state index contributed by atoms with van der Waals surface area (Å²) in [7, 11) is 0. The lowest BCUT2D eigenvalue weighted by Gasteiger charge is -2.28. The molecule has 128 valence electrons. The van der Waals surface area contributed by atoms with Gasteiger partial charge in [0.1, 0.15) is 5.82 Å². The van der Waals surface area contributed by atoms with Crippen LogP contribution in [0.1, 0.15) is 25.1 Å². The molecule has 0 fully saturated rings. The molecule has 0 amide bonds. The standard InChI is InChI=1S/C21H24N4/c1-16(2)25(15-18-10-6-4-7-11-18)20-14-17(3)22-21(24-20)23-19-12-8-5-9-13-19/h4-14,16H,15H2,1-3H3,(H,22,23,24). The van der Waals surface area contributed by atoms with Crippen LogP contribution in [0.4, 0.5) is 17.5 Å². The second kappa shape index (κ2) is 7.79. The Morgan fingerprint density at radius 1 is 0.920 bits per heavy atom. The molecule has 1 N–H and O–H groups in total. The van der Waals surface area contributed by atoms with Gasteiger partial charge in [0, 0.05) is 30.0 Å². The van der Waals surface area contributed by atoms with Crippen LogP contribution in [0.25, 0.3) is 0 Å². The zero-order valence-electron chi connectivity index (χ0n) is 15.0. The smallest absolute Gasteiger partial charge is 0.229 e. The van der Waals surface area contributed by atoms with Crippen molar-refractivity contribution < 1.29 is 0 Å². The van der Waals surface area contributed by atoms with E-state index in [0.717, 1.165) is 23.7 Å². The van der Waals surface area contributed by atoms with Crippen molar-refractivity contribution in [1.82, 2.24) is 9.97 Å². The lowest BCUT2D eigenvalue weighted by atomic mass is 10.2. The maximum atomic E-state index is 4.75. The van der Waals surface area contributed by atoms with Gasteiger partial charge >= 0.3 is 0 Å². The van der Waals surface area contributed by atoms with Gasteiger partial charge in [-0.2, -0.15) is 4.98 Å². The van der Waals surface area contributed by atoms with E-state index in [1.807, 2.05) is 49.4 Å². The van der Waals surface area contributed by atoms with E-state index in [1.165, 1.54) is 5.56 Å². The van der Waals surface area contributed by atoms with Gasteiger partial charge in [-0.3, -0.25) is 0 Å². The van der Waals surface area contributed by atoms with Crippen molar-refractivity contribution in [1.29, 1.82) is 0 Å². The van der Waals surface area contributed by atoms with Crippen molar-refractivity contribution in [2.45, 2.75) is 33.4 Å². The molecule has 0 aliphatic heterocycles. The summed E-state index contributed by atoms with van der Waals surface area (Å²) in [4.78, 5) is 11.6. The summed E-state index contributed by atoms with van der Waals surface area (Å²) in [6.45, 7) is 7.19. The first-order valence-electron chi connectivity index (χ1n) is 8.60. The number of rotatable bonds is 6. The Morgan fingerprint density at radius 3 is 2.20 bits per heavy atom. The molecule has 3 rings (SSSR count). The summed E-state index contributed by atoms with van der Waals surface area (Å²) < 4.78 is 0. The fourth-order valence-corrected chi connectivity index (χ4v) is 2.71. The van der Waals surface area contributed by atoms with Crippen molar-refractivity contribution in [3.05, 3.63) is 78.0 Å². The fraction of sp³-hybridized carbons (Fsp3) is 0.238. The predicted octanol–water partition coefficient (Wildman–Crippen LogP) is 4.94. The van der Waals surface area contributed by atoms with Gasteiger partial charge < -0.3 is 10.2 Å². The number of para-hydroxylation sites is 1. The Kier molecular flexibility index (Phi) is 5.29. The molecule has 4 nitrogen and oxygen atoms in total. The Balaban J connectivity index is 1.88. The molecule has 0 radical (unpaired) electrons. The number of anilines is 3. The molecule has 25 heavy (non-hydrogen) atoms. The number of benzene rings is 2. The van der Waals surface area contributed by atoms with Gasteiger partial charge in [-0.1, -0.05) is 48.5 Å². The molecule has 2 aromatic carbocycles. The molecular formula is C21H24N4. The Morgan fingerprint density at radius 2 is 1.56 bits per heavy atom. The normalized spacial score (nSPS) is 10.7. The highest BCUT2D eigenvalue weighted by Gasteiger charge is 2.14. The first kappa shape index (κ1) is 17.0. The van der Waals surface area contributed by atoms with Crippen molar-refractivity contribution in [3.8, 4) is 0 Å². The van der Waals surface area contributed by atoms with Crippen LogP contribution in [0.2, 0.25) is 0 Å². The van der Waals surface area contributed by atoms with E-state index in [4.69, 9.17) is 4.98 Å². The molecule has 0 spiro atoms. The lowest BCUT2D eigenvalue weighted by molar-refractivity contribution is 0.671. The van der Waals surface area contributed by atoms with Crippen LogP contribution >= 0.6 is 0 Å². The highest BCUT2D eigenvalue weighted by Crippen LogP contribution is 2.22. The van der Waals surface area contributed by atoms with Crippen molar-refractivity contribution in [3.63, 3.8) is 0 Å². The van der Waals surface area contributed by atoms with Gasteiger partial charge in [0.25, 0.3) is 0 Å². The third-order valence-electron chi connectivity index (χ3n) is 3.98. The van der Waals surface area contributed by atoms with Crippen LogP contribution < -0.4 is 10.2 Å². The average Bonchev–Trinajstić information content (AvgIpc) is 2.60. The van der Waals surface area contributed by atoms with Gasteiger partial charge in [0.2, 0.25) is 5.95 Å². The summed E-state index contributed by atoms with van der Waals surface area (Å²) in [5.41, 5.74) is 3.20. The summed E-state index contributed by atoms with van der Waals surface area (Å²) in [5.74, 6) is 1.56. The number of hydrogen-bond donors (Lipinski definition) is 1. The predicted molar refractivity (Wildman–Crippen MR) is 104 cm³/mol. The summed E-state index contributed by atoms with van der Waals surface area (Å²) in [5, 5.41) is 3.29. The molecule has 4 heteroatoms. The third kappa shape index (κ3) is 4.57. The number of nitrogens with one attached hydrogen (secondary N) is 1. The second-order valence-corrected chi connectivity index (χ2v) is 6.39. The Labute approximate surface area is 149 Å². The van der Waals surface area contributed by atoms with E-state index in [-0.39, 0.29) is 0 Å². The zero-order valence-corrected chi connectivity index (χ0v) is 15.0. The highest BCUT2D eigenvalue weighted by atomic mass is 15.2. The van der Waals surface area contributed by atoms with Gasteiger partial charge in [0.15, 0.2) is 0 Å². The maximum absolute atomic E-state index is 4.75. The Bertz CT molecular complexity index is 801. The quantitative estimate of drug-likeness (QED) is 0.694. The molecule has 1 aromatic heterocycles. The molecule has 3 aromatic rings. The molecule has 0 atom stereocenters. The second-order valence-electron chi connectivity index (χ2n) is 6.39. The van der Waals surface area contributed by atoms with E-state index in [2.05, 4.69) is 53.3 Å². The van der Waals surface area contributed by atoms with E-state index in [1.54, 1.807) is 0 Å². The van der Waals surface area contributed by atoms with Gasteiger partial charge in [0.05, 0.1) is 0 Å². The SMILES string of the molecule is Cc1cc(N(Cc2ccccc2)C(C)C)nc(Nc2ccccc2)n1. The molecule has 0 bridgehead atoms. The van der Waals surface area contributed by atoms with Crippen molar-refractivity contribution in [2.75, 3.05) is 10.2 Å². The van der Waals surface area contributed by atoms with Crippen LogP contribution in [-0.2, 0) is 6.54 Å². The minimum Gasteiger partial charge on any atom is -0.350 e. The molecule has 0 aliphatic carbocycles. The van der Waals surface area contributed by atoms with Gasteiger partial charge in [-0.15, -0.1) is 0 Å². The number of aromatic nitrogens is 2. The van der Waals surface area contributed by atoms with E-state index in [0.29, 0.717) is 12.0 Å². The van der Waals surface area contributed by atoms with Gasteiger partial charge in [-0.25, -0.2) is 4.98 Å². The van der Waals surface area contributed by atoms with E-state index < -0.39 is 0 Å². The summed E-state index contributed by atoms with van der Waals surface area (Å²) >= 11 is 0. The number of hydrogen-bond acceptors (Lipinski definition) is 4. The minimum atomic E-state index is 0.332. The average molecular weight is 332 g/mol. The first-order chi connectivity index (χ1) is 12.1. The number of nitrogens with zero attached hydrogens (tertiary/aromatic N) is 3. The molecule has 0 saturated heterocycles. The Hall–Kier alpha value is -2.88. The topological polar surface area (TPSA) is 41.1 Å². The zero-order chi connectivity index (χ0) is 17.6. The fourth-order valence-electron chi connectivity index (χ4n) is 2.71. The molecule has 1 heterocycles. The summed E-state index contributed by atoms with van der Waals surface area (Å²) in [6.07, 6.45) is 0. The molecular weight excluding hydrogens is 308 g/mol.